The molecule has 0 fully saturated rings. The summed E-state index contributed by atoms with van der Waals surface area (Å²) < 4.78 is 0. The van der Waals surface area contributed by atoms with Gasteiger partial charge in [-0.1, -0.05) is 0 Å². The summed E-state index contributed by atoms with van der Waals surface area (Å²) in [4.78, 5) is 18.4. The van der Waals surface area contributed by atoms with Gasteiger partial charge in [0.05, 0.1) is 11.1 Å². The van der Waals surface area contributed by atoms with Crippen LogP contribution < -0.4 is 5.48 Å². The standard InChI is InChI=1S/C9H7N3O3/c13-9(14)5-1-2-6-7(3-5)10-4-11-8(6)12-15/h1-4,15H,(H,13,14)(H,10,11,12). The highest BCUT2D eigenvalue weighted by Crippen LogP contribution is 2.19. The summed E-state index contributed by atoms with van der Waals surface area (Å²) in [5, 5.41) is 18.1. The van der Waals surface area contributed by atoms with Crippen molar-refractivity contribution in [3.05, 3.63) is 30.1 Å². The van der Waals surface area contributed by atoms with Crippen molar-refractivity contribution in [1.82, 2.24) is 9.97 Å². The lowest BCUT2D eigenvalue weighted by Gasteiger charge is -2.03. The van der Waals surface area contributed by atoms with Crippen LogP contribution in [-0.2, 0) is 0 Å². The van der Waals surface area contributed by atoms with Crippen LogP contribution in [0, 0.1) is 0 Å². The van der Waals surface area contributed by atoms with E-state index in [0.717, 1.165) is 0 Å². The minimum absolute atomic E-state index is 0.144. The fourth-order valence-electron chi connectivity index (χ4n) is 1.28. The molecule has 0 saturated heterocycles. The second kappa shape index (κ2) is 3.50. The summed E-state index contributed by atoms with van der Waals surface area (Å²) in [5.41, 5.74) is 2.52. The molecule has 76 valence electrons. The van der Waals surface area contributed by atoms with Crippen LogP contribution in [0.2, 0.25) is 0 Å². The summed E-state index contributed by atoms with van der Waals surface area (Å²) >= 11 is 0. The lowest BCUT2D eigenvalue weighted by atomic mass is 10.1. The van der Waals surface area contributed by atoms with Gasteiger partial charge in [-0.3, -0.25) is 10.7 Å². The smallest absolute Gasteiger partial charge is 0.335 e. The Hall–Kier alpha value is -2.21. The van der Waals surface area contributed by atoms with Crippen LogP contribution in [0.25, 0.3) is 10.9 Å². The quantitative estimate of drug-likeness (QED) is 0.636. The van der Waals surface area contributed by atoms with Crippen LogP contribution in [0.5, 0.6) is 0 Å². The Morgan fingerprint density at radius 1 is 1.33 bits per heavy atom. The van der Waals surface area contributed by atoms with Crippen LogP contribution in [0.1, 0.15) is 10.4 Å². The zero-order chi connectivity index (χ0) is 10.8. The number of hydrogen-bond donors (Lipinski definition) is 3. The molecule has 0 radical (unpaired) electrons. The first-order valence-electron chi connectivity index (χ1n) is 4.10. The Bertz CT molecular complexity index is 527. The summed E-state index contributed by atoms with van der Waals surface area (Å²) in [5.74, 6) is -0.772. The van der Waals surface area contributed by atoms with Crippen LogP contribution >= 0.6 is 0 Å². The molecule has 0 spiro atoms. The maximum absolute atomic E-state index is 10.7. The van der Waals surface area contributed by atoms with E-state index in [1.807, 2.05) is 5.48 Å². The van der Waals surface area contributed by atoms with Gasteiger partial charge in [-0.2, -0.15) is 0 Å². The molecular formula is C9H7N3O3. The average molecular weight is 205 g/mol. The molecule has 2 aromatic rings. The second-order valence-electron chi connectivity index (χ2n) is 2.87. The topological polar surface area (TPSA) is 95.3 Å². The molecular weight excluding hydrogens is 198 g/mol. The predicted molar refractivity (Wildman–Crippen MR) is 51.9 cm³/mol. The lowest BCUT2D eigenvalue weighted by Crippen LogP contribution is -1.99. The first-order chi connectivity index (χ1) is 7.22. The van der Waals surface area contributed by atoms with Crippen LogP contribution in [0.15, 0.2) is 24.5 Å². The third-order valence-electron chi connectivity index (χ3n) is 1.99. The minimum Gasteiger partial charge on any atom is -0.478 e. The second-order valence-corrected chi connectivity index (χ2v) is 2.87. The van der Waals surface area contributed by atoms with E-state index in [0.29, 0.717) is 10.9 Å². The Morgan fingerprint density at radius 3 is 2.80 bits per heavy atom. The van der Waals surface area contributed by atoms with Crippen molar-refractivity contribution in [2.45, 2.75) is 0 Å². The summed E-state index contributed by atoms with van der Waals surface area (Å²) in [6, 6.07) is 4.38. The number of carboxylic acid groups (broad SMARTS) is 1. The van der Waals surface area contributed by atoms with Crippen LogP contribution in [0.4, 0.5) is 5.82 Å². The maximum Gasteiger partial charge on any atom is 0.335 e. The molecule has 0 aliphatic carbocycles. The molecule has 15 heavy (non-hydrogen) atoms. The molecule has 0 amide bonds. The first kappa shape index (κ1) is 9.35. The molecule has 0 atom stereocenters. The molecule has 2 rings (SSSR count). The Kier molecular flexibility index (Phi) is 2.18. The maximum atomic E-state index is 10.7. The molecule has 1 aromatic carbocycles. The fourth-order valence-corrected chi connectivity index (χ4v) is 1.28. The molecule has 6 nitrogen and oxygen atoms in total. The number of benzene rings is 1. The molecule has 0 saturated carbocycles. The molecule has 1 aromatic heterocycles. The van der Waals surface area contributed by atoms with Crippen molar-refractivity contribution in [3.63, 3.8) is 0 Å². The number of anilines is 1. The van der Waals surface area contributed by atoms with E-state index < -0.39 is 5.97 Å². The van der Waals surface area contributed by atoms with Gasteiger partial charge in [-0.25, -0.2) is 14.8 Å². The number of fused-ring (bicyclic) bond motifs is 1. The van der Waals surface area contributed by atoms with Crippen molar-refractivity contribution < 1.29 is 15.1 Å². The van der Waals surface area contributed by atoms with E-state index >= 15 is 0 Å². The Morgan fingerprint density at radius 2 is 2.13 bits per heavy atom. The van der Waals surface area contributed by atoms with E-state index in [4.69, 9.17) is 10.3 Å². The zero-order valence-electron chi connectivity index (χ0n) is 7.51. The van der Waals surface area contributed by atoms with Crippen LogP contribution in [-0.4, -0.2) is 26.3 Å². The fraction of sp³-hybridized carbons (Fsp3) is 0. The molecule has 0 aliphatic rings. The average Bonchev–Trinajstić information content (AvgIpc) is 2.27. The number of carbonyl (C=O) groups is 1. The van der Waals surface area contributed by atoms with Crippen molar-refractivity contribution in [2.24, 2.45) is 0 Å². The third-order valence-corrected chi connectivity index (χ3v) is 1.99. The summed E-state index contributed by atoms with van der Waals surface area (Å²) in [6.45, 7) is 0. The van der Waals surface area contributed by atoms with Gasteiger partial charge in [0.2, 0.25) is 0 Å². The Labute approximate surface area is 84.2 Å². The van der Waals surface area contributed by atoms with E-state index in [1.165, 1.54) is 24.5 Å². The number of rotatable bonds is 2. The first-order valence-corrected chi connectivity index (χ1v) is 4.10. The lowest BCUT2D eigenvalue weighted by molar-refractivity contribution is 0.0697. The van der Waals surface area contributed by atoms with E-state index in [-0.39, 0.29) is 11.4 Å². The number of aromatic nitrogens is 2. The van der Waals surface area contributed by atoms with Crippen molar-refractivity contribution >= 4 is 22.7 Å². The monoisotopic (exact) mass is 205 g/mol. The highest BCUT2D eigenvalue weighted by Gasteiger charge is 2.07. The third kappa shape index (κ3) is 1.57. The molecule has 1 heterocycles. The van der Waals surface area contributed by atoms with Crippen molar-refractivity contribution in [2.75, 3.05) is 5.48 Å². The number of nitrogens with zero attached hydrogens (tertiary/aromatic N) is 2. The van der Waals surface area contributed by atoms with Crippen molar-refractivity contribution in [1.29, 1.82) is 0 Å². The van der Waals surface area contributed by atoms with Gasteiger partial charge in [0.15, 0.2) is 5.82 Å². The number of hydrogen-bond acceptors (Lipinski definition) is 5. The predicted octanol–water partition coefficient (Wildman–Crippen LogP) is 1.13. The Balaban J connectivity index is 2.69. The van der Waals surface area contributed by atoms with Gasteiger partial charge in [0, 0.05) is 5.39 Å². The molecule has 0 aliphatic heterocycles. The van der Waals surface area contributed by atoms with E-state index in [1.54, 1.807) is 0 Å². The van der Waals surface area contributed by atoms with Crippen molar-refractivity contribution in [3.8, 4) is 0 Å². The highest BCUT2D eigenvalue weighted by atomic mass is 16.5. The molecule has 0 bridgehead atoms. The van der Waals surface area contributed by atoms with Gasteiger partial charge >= 0.3 is 5.97 Å². The minimum atomic E-state index is -1.02. The summed E-state index contributed by atoms with van der Waals surface area (Å²) in [6.07, 6.45) is 1.24. The SMILES string of the molecule is O=C(O)c1ccc2c(NO)ncnc2c1. The number of aromatic carboxylic acids is 1. The zero-order valence-corrected chi connectivity index (χ0v) is 7.51. The van der Waals surface area contributed by atoms with Gasteiger partial charge in [-0.15, -0.1) is 0 Å². The normalized spacial score (nSPS) is 10.2. The molecule has 0 unspecified atom stereocenters. The highest BCUT2D eigenvalue weighted by molar-refractivity contribution is 5.96. The van der Waals surface area contributed by atoms with Crippen LogP contribution in [0.3, 0.4) is 0 Å². The number of nitrogens with one attached hydrogen (secondary N) is 1. The molecule has 6 heteroatoms. The largest absolute Gasteiger partial charge is 0.478 e. The van der Waals surface area contributed by atoms with Gasteiger partial charge < -0.3 is 5.11 Å². The van der Waals surface area contributed by atoms with Gasteiger partial charge in [-0.05, 0) is 18.2 Å². The van der Waals surface area contributed by atoms with Gasteiger partial charge in [0.1, 0.15) is 6.33 Å². The molecule has 3 N–H and O–H groups in total. The number of carboxylic acids is 1. The van der Waals surface area contributed by atoms with E-state index in [9.17, 15) is 4.79 Å². The van der Waals surface area contributed by atoms with E-state index in [2.05, 4.69) is 9.97 Å². The van der Waals surface area contributed by atoms with Gasteiger partial charge in [0.25, 0.3) is 0 Å². The summed E-state index contributed by atoms with van der Waals surface area (Å²) in [7, 11) is 0.